The van der Waals surface area contributed by atoms with Crippen LogP contribution in [0.1, 0.15) is 239 Å². The zero-order valence-corrected chi connectivity index (χ0v) is 44.7. The number of carbonyl (C=O) groups excluding carboxylic acids is 1. The van der Waals surface area contributed by atoms with Crippen LogP contribution < -0.4 is 5.32 Å². The second kappa shape index (κ2) is 49.9. The Morgan fingerprint density at radius 2 is 0.886 bits per heavy atom. The molecule has 0 aromatic carbocycles. The highest BCUT2D eigenvalue weighted by Gasteiger charge is 2.44. The highest BCUT2D eigenvalue weighted by molar-refractivity contribution is 5.76. The highest BCUT2D eigenvalue weighted by atomic mass is 16.7. The molecule has 1 amide bonds. The molecule has 0 spiro atoms. The van der Waals surface area contributed by atoms with Gasteiger partial charge in [0.05, 0.1) is 25.4 Å². The lowest BCUT2D eigenvalue weighted by Gasteiger charge is -2.40. The summed E-state index contributed by atoms with van der Waals surface area (Å²) in [6.45, 7) is 3.72. The van der Waals surface area contributed by atoms with Gasteiger partial charge in [-0.05, 0) is 70.6 Å². The molecule has 9 nitrogen and oxygen atoms in total. The van der Waals surface area contributed by atoms with E-state index >= 15 is 0 Å². The number of unbranched alkanes of at least 4 members (excludes halogenated alkanes) is 24. The van der Waals surface area contributed by atoms with Crippen molar-refractivity contribution in [1.82, 2.24) is 5.32 Å². The Morgan fingerprint density at radius 3 is 1.30 bits per heavy atom. The molecule has 9 heteroatoms. The maximum absolute atomic E-state index is 13.1. The molecule has 0 aliphatic carbocycles. The van der Waals surface area contributed by atoms with E-state index in [0.717, 1.165) is 89.9 Å². The van der Waals surface area contributed by atoms with E-state index in [1.165, 1.54) is 122 Å². The molecule has 70 heavy (non-hydrogen) atoms. The van der Waals surface area contributed by atoms with Crippen LogP contribution in [-0.4, -0.2) is 87.5 Å². The topological polar surface area (TPSA) is 149 Å². The molecule has 0 aromatic heterocycles. The van der Waals surface area contributed by atoms with Gasteiger partial charge in [-0.1, -0.05) is 247 Å². The van der Waals surface area contributed by atoms with Crippen molar-refractivity contribution < 1.29 is 39.8 Å². The number of rotatable bonds is 48. The van der Waals surface area contributed by atoms with Crippen LogP contribution in [-0.2, 0) is 14.3 Å². The summed E-state index contributed by atoms with van der Waals surface area (Å²) in [5.74, 6) is -0.177. The Kier molecular flexibility index (Phi) is 46.6. The van der Waals surface area contributed by atoms with E-state index in [9.17, 15) is 30.3 Å². The number of hydrogen-bond donors (Lipinski definition) is 6. The van der Waals surface area contributed by atoms with E-state index in [-0.39, 0.29) is 12.5 Å². The van der Waals surface area contributed by atoms with Gasteiger partial charge in [-0.3, -0.25) is 4.79 Å². The molecule has 1 rings (SSSR count). The second-order valence-electron chi connectivity index (χ2n) is 19.7. The minimum absolute atomic E-state index is 0.156. The molecule has 1 saturated heterocycles. The number of nitrogens with one attached hydrogen (secondary N) is 1. The van der Waals surface area contributed by atoms with Gasteiger partial charge in [0.25, 0.3) is 0 Å². The van der Waals surface area contributed by atoms with Gasteiger partial charge in [0.15, 0.2) is 6.29 Å². The van der Waals surface area contributed by atoms with Crippen molar-refractivity contribution in [1.29, 1.82) is 0 Å². The summed E-state index contributed by atoms with van der Waals surface area (Å²) in [6, 6.07) is -0.744. The summed E-state index contributed by atoms with van der Waals surface area (Å²) in [7, 11) is 0. The maximum Gasteiger partial charge on any atom is 0.220 e. The largest absolute Gasteiger partial charge is 0.394 e. The average Bonchev–Trinajstić information content (AvgIpc) is 3.36. The van der Waals surface area contributed by atoms with Crippen molar-refractivity contribution in [3.05, 3.63) is 85.1 Å². The van der Waals surface area contributed by atoms with E-state index in [4.69, 9.17) is 9.47 Å². The normalized spacial score (nSPS) is 20.0. The number of allylic oxidation sites excluding steroid dienone is 14. The molecule has 0 saturated carbocycles. The van der Waals surface area contributed by atoms with Crippen LogP contribution in [0, 0.1) is 0 Å². The summed E-state index contributed by atoms with van der Waals surface area (Å²) in [5.41, 5.74) is 0. The van der Waals surface area contributed by atoms with E-state index in [1.54, 1.807) is 0 Å². The fourth-order valence-corrected chi connectivity index (χ4v) is 8.73. The van der Waals surface area contributed by atoms with Gasteiger partial charge < -0.3 is 40.3 Å². The zero-order chi connectivity index (χ0) is 50.8. The average molecular weight is 983 g/mol. The third-order valence-electron chi connectivity index (χ3n) is 13.3. The van der Waals surface area contributed by atoms with Crippen LogP contribution in [0.5, 0.6) is 0 Å². The van der Waals surface area contributed by atoms with Crippen LogP contribution in [0.4, 0.5) is 0 Å². The van der Waals surface area contributed by atoms with E-state index in [2.05, 4.69) is 104 Å². The Balaban J connectivity index is 2.27. The third-order valence-corrected chi connectivity index (χ3v) is 13.3. The Hall–Kier alpha value is -2.63. The second-order valence-corrected chi connectivity index (χ2v) is 19.7. The van der Waals surface area contributed by atoms with Crippen molar-refractivity contribution >= 4 is 5.91 Å². The van der Waals surface area contributed by atoms with Crippen molar-refractivity contribution in [2.24, 2.45) is 0 Å². The van der Waals surface area contributed by atoms with E-state index in [1.807, 2.05) is 0 Å². The van der Waals surface area contributed by atoms with Crippen molar-refractivity contribution in [2.75, 3.05) is 13.2 Å². The first kappa shape index (κ1) is 65.4. The number of aliphatic hydroxyl groups excluding tert-OH is 5. The number of ether oxygens (including phenoxy) is 2. The first-order valence-electron chi connectivity index (χ1n) is 28.8. The first-order chi connectivity index (χ1) is 34.3. The SMILES string of the molecule is CC/C=C\C/C=C\C/C=C\C/C=C\C/C=C\C/C=C\C/C=C\CCCCCC(=O)NC(COC1OC(CO)C(O)C(O)C1O)C(O)CCCCCCCCCCCCCCCCCCCCCCCC. The Morgan fingerprint density at radius 1 is 0.500 bits per heavy atom. The maximum atomic E-state index is 13.1. The number of aliphatic hydroxyl groups is 5. The molecule has 404 valence electrons. The van der Waals surface area contributed by atoms with Crippen LogP contribution in [0.15, 0.2) is 85.1 Å². The number of carbonyl (C=O) groups is 1. The van der Waals surface area contributed by atoms with Crippen LogP contribution in [0.3, 0.4) is 0 Å². The molecular weight excluding hydrogens is 875 g/mol. The summed E-state index contributed by atoms with van der Waals surface area (Å²) in [6.07, 6.45) is 63.2. The summed E-state index contributed by atoms with van der Waals surface area (Å²) in [4.78, 5) is 13.1. The highest BCUT2D eigenvalue weighted by Crippen LogP contribution is 2.23. The van der Waals surface area contributed by atoms with Crippen molar-refractivity contribution in [3.8, 4) is 0 Å². The van der Waals surface area contributed by atoms with Crippen LogP contribution in [0.25, 0.3) is 0 Å². The predicted octanol–water partition coefficient (Wildman–Crippen LogP) is 14.2. The van der Waals surface area contributed by atoms with E-state index in [0.29, 0.717) is 12.8 Å². The molecule has 7 unspecified atom stereocenters. The lowest BCUT2D eigenvalue weighted by atomic mass is 9.99. The molecule has 1 fully saturated rings. The van der Waals surface area contributed by atoms with Gasteiger partial charge in [0.2, 0.25) is 5.91 Å². The Bertz CT molecular complexity index is 1370. The minimum atomic E-state index is -1.57. The summed E-state index contributed by atoms with van der Waals surface area (Å²) >= 11 is 0. The smallest absolute Gasteiger partial charge is 0.220 e. The van der Waals surface area contributed by atoms with Crippen LogP contribution in [0.2, 0.25) is 0 Å². The van der Waals surface area contributed by atoms with Gasteiger partial charge in [-0.25, -0.2) is 0 Å². The van der Waals surface area contributed by atoms with Gasteiger partial charge in [0, 0.05) is 6.42 Å². The lowest BCUT2D eigenvalue weighted by Crippen LogP contribution is -2.60. The van der Waals surface area contributed by atoms with Gasteiger partial charge in [-0.15, -0.1) is 0 Å². The fourth-order valence-electron chi connectivity index (χ4n) is 8.73. The predicted molar refractivity (Wildman–Crippen MR) is 295 cm³/mol. The molecule has 6 N–H and O–H groups in total. The quantitative estimate of drug-likeness (QED) is 0.0261. The fraction of sp³-hybridized carbons (Fsp3) is 0.754. The van der Waals surface area contributed by atoms with Gasteiger partial charge in [-0.2, -0.15) is 0 Å². The molecule has 0 radical (unpaired) electrons. The molecule has 1 aliphatic heterocycles. The molecular formula is C61H107NO8. The first-order valence-corrected chi connectivity index (χ1v) is 28.8. The summed E-state index contributed by atoms with van der Waals surface area (Å²) in [5, 5.41) is 54.7. The van der Waals surface area contributed by atoms with Crippen molar-refractivity contribution in [3.63, 3.8) is 0 Å². The zero-order valence-electron chi connectivity index (χ0n) is 44.7. The molecule has 1 heterocycles. The molecule has 7 atom stereocenters. The number of hydrogen-bond acceptors (Lipinski definition) is 8. The lowest BCUT2D eigenvalue weighted by molar-refractivity contribution is -0.302. The molecule has 0 aromatic rings. The van der Waals surface area contributed by atoms with Gasteiger partial charge >= 0.3 is 0 Å². The standard InChI is InChI=1S/C61H107NO8/c1-3-5-7-9-11-13-15-17-19-21-23-25-27-28-29-31-33-35-37-39-41-43-45-47-49-51-57(65)62-54(53-69-61-60(68)59(67)58(66)56(52-63)70-61)55(64)50-48-46-44-42-40-38-36-34-32-30-26-24-22-20-18-16-14-12-10-8-6-4-2/h5,7,11,13,17,19,23,25,28-29,33,35,39,41,54-56,58-61,63-64,66-68H,3-4,6,8-10,12,14-16,18,20-22,24,26-27,30-32,34,36-38,40,42-53H2,1-2H3,(H,62,65)/b7-5-,13-11-,19-17-,25-23-,29-28-,35-33-,41-39-. The van der Waals surface area contributed by atoms with Gasteiger partial charge in [0.1, 0.15) is 24.4 Å². The third kappa shape index (κ3) is 39.0. The van der Waals surface area contributed by atoms with Crippen LogP contribution >= 0.6 is 0 Å². The number of amides is 1. The minimum Gasteiger partial charge on any atom is -0.394 e. The monoisotopic (exact) mass is 982 g/mol. The molecule has 1 aliphatic rings. The van der Waals surface area contributed by atoms with E-state index < -0.39 is 49.5 Å². The summed E-state index contributed by atoms with van der Waals surface area (Å²) < 4.78 is 11.3. The van der Waals surface area contributed by atoms with Crippen molar-refractivity contribution in [2.45, 2.75) is 281 Å². The Labute approximate surface area is 429 Å². The molecule has 0 bridgehead atoms.